The summed E-state index contributed by atoms with van der Waals surface area (Å²) >= 11 is -1.30. The van der Waals surface area contributed by atoms with Gasteiger partial charge in [0.2, 0.25) is 0 Å². The van der Waals surface area contributed by atoms with Gasteiger partial charge in [0.1, 0.15) is 0 Å². The molecule has 0 atom stereocenters. The molecule has 1 heteroatoms. The van der Waals surface area contributed by atoms with Crippen LogP contribution in [0.5, 0.6) is 0 Å². The molecule has 0 unspecified atom stereocenters. The Labute approximate surface area is 91.0 Å². The van der Waals surface area contributed by atoms with Crippen LogP contribution in [-0.4, -0.2) is 12.8 Å². The third-order valence-corrected chi connectivity index (χ3v) is 8.63. The second kappa shape index (κ2) is 5.58. The summed E-state index contributed by atoms with van der Waals surface area (Å²) in [5.74, 6) is 5.00. The molecule has 1 aromatic carbocycles. The summed E-state index contributed by atoms with van der Waals surface area (Å²) in [6.45, 7) is 2.28. The van der Waals surface area contributed by atoms with Crippen LogP contribution in [-0.2, 0) is 0 Å². The Kier molecular flexibility index (Phi) is 4.71. The van der Waals surface area contributed by atoms with Crippen molar-refractivity contribution in [3.05, 3.63) is 30.3 Å². The fraction of sp³-hybridized carbons (Fsp3) is 0.538. The van der Waals surface area contributed by atoms with Crippen LogP contribution in [0.15, 0.2) is 30.3 Å². The van der Waals surface area contributed by atoms with Gasteiger partial charge in [-0.1, -0.05) is 0 Å². The Morgan fingerprint density at radius 2 is 1.64 bits per heavy atom. The molecule has 0 aliphatic carbocycles. The molecule has 0 bridgehead atoms. The van der Waals surface area contributed by atoms with Crippen LogP contribution in [0.1, 0.15) is 26.2 Å². The Bertz CT molecular complexity index is 251. The molecular weight excluding hydrogens is 235 g/mol. The van der Waals surface area contributed by atoms with E-state index in [1.807, 2.05) is 0 Å². The number of unbranched alkanes of at least 4 members (excludes halogenated alkanes) is 2. The van der Waals surface area contributed by atoms with Gasteiger partial charge in [-0.2, -0.15) is 0 Å². The molecule has 0 aromatic heterocycles. The Hall–Kier alpha value is -0.261. The van der Waals surface area contributed by atoms with Gasteiger partial charge in [0, 0.05) is 0 Å². The number of hydrogen-bond donors (Lipinski definition) is 0. The van der Waals surface area contributed by atoms with Crippen molar-refractivity contribution in [2.24, 2.45) is 0 Å². The predicted octanol–water partition coefficient (Wildman–Crippen LogP) is 3.79. The fourth-order valence-corrected chi connectivity index (χ4v) is 5.93. The molecule has 0 saturated heterocycles. The molecule has 1 rings (SSSR count). The number of hydrogen-bond acceptors (Lipinski definition) is 0. The van der Waals surface area contributed by atoms with Crippen LogP contribution in [0.2, 0.25) is 17.0 Å². The molecule has 1 aromatic rings. The molecule has 80 valence electrons. The van der Waals surface area contributed by atoms with Crippen molar-refractivity contribution >= 4 is 17.3 Å². The van der Waals surface area contributed by atoms with Crippen LogP contribution < -0.4 is 4.46 Å². The van der Waals surface area contributed by atoms with Crippen molar-refractivity contribution in [3.63, 3.8) is 0 Å². The van der Waals surface area contributed by atoms with Crippen LogP contribution in [0.3, 0.4) is 0 Å². The van der Waals surface area contributed by atoms with E-state index in [0.29, 0.717) is 0 Å². The van der Waals surface area contributed by atoms with Crippen molar-refractivity contribution in [1.29, 1.82) is 0 Å². The first-order valence-electron chi connectivity index (χ1n) is 5.43. The third-order valence-electron chi connectivity index (χ3n) is 2.64. The zero-order valence-electron chi connectivity index (χ0n) is 9.62. The van der Waals surface area contributed by atoms with E-state index >= 15 is 0 Å². The first kappa shape index (κ1) is 11.8. The van der Waals surface area contributed by atoms with Gasteiger partial charge in [-0.25, -0.2) is 0 Å². The van der Waals surface area contributed by atoms with Crippen LogP contribution in [0, 0.1) is 0 Å². The molecule has 14 heavy (non-hydrogen) atoms. The fourth-order valence-electron chi connectivity index (χ4n) is 1.62. The molecule has 0 amide bonds. The molecule has 0 spiro atoms. The SMILES string of the molecule is CCCCC[Se](C)(C)c1ccccc1. The summed E-state index contributed by atoms with van der Waals surface area (Å²) in [6, 6.07) is 11.1. The average Bonchev–Trinajstić information content (AvgIpc) is 2.19. The maximum absolute atomic E-state index is 2.50. The summed E-state index contributed by atoms with van der Waals surface area (Å²) in [5, 5.41) is 1.45. The van der Waals surface area contributed by atoms with Crippen molar-refractivity contribution in [1.82, 2.24) is 0 Å². The molecule has 0 aliphatic heterocycles. The molecule has 0 saturated carbocycles. The summed E-state index contributed by atoms with van der Waals surface area (Å²) in [6.07, 6.45) is 4.15. The number of rotatable bonds is 5. The summed E-state index contributed by atoms with van der Waals surface area (Å²) < 4.78 is 1.62. The normalized spacial score (nSPS) is 12.8. The van der Waals surface area contributed by atoms with Gasteiger partial charge in [0.25, 0.3) is 0 Å². The van der Waals surface area contributed by atoms with Gasteiger partial charge >= 0.3 is 90.8 Å². The van der Waals surface area contributed by atoms with E-state index in [1.165, 1.54) is 24.6 Å². The Morgan fingerprint density at radius 3 is 2.21 bits per heavy atom. The maximum atomic E-state index is 2.50. The standard InChI is InChI=1S/C13H22Se/c1-4-5-9-12-14(2,3)13-10-7-6-8-11-13/h6-8,10-11H,4-5,9,12H2,1-3H3. The molecule has 0 heterocycles. The Morgan fingerprint density at radius 1 is 1.00 bits per heavy atom. The molecule has 0 radical (unpaired) electrons. The molecule has 0 nitrogen and oxygen atoms in total. The summed E-state index contributed by atoms with van der Waals surface area (Å²) in [4.78, 5) is 0. The average molecular weight is 257 g/mol. The van der Waals surface area contributed by atoms with Gasteiger partial charge in [0.15, 0.2) is 0 Å². The summed E-state index contributed by atoms with van der Waals surface area (Å²) in [7, 11) is 0. The zero-order valence-corrected chi connectivity index (χ0v) is 11.3. The number of benzene rings is 1. The van der Waals surface area contributed by atoms with E-state index in [1.54, 1.807) is 4.46 Å². The van der Waals surface area contributed by atoms with Gasteiger partial charge in [-0.05, 0) is 0 Å². The quantitative estimate of drug-likeness (QED) is 0.556. The van der Waals surface area contributed by atoms with E-state index in [-0.39, 0.29) is 0 Å². The van der Waals surface area contributed by atoms with Crippen molar-refractivity contribution in [3.8, 4) is 0 Å². The first-order chi connectivity index (χ1) is 6.67. The van der Waals surface area contributed by atoms with Crippen molar-refractivity contribution in [2.45, 2.75) is 43.1 Å². The Balaban J connectivity index is 2.56. The second-order valence-corrected chi connectivity index (χ2v) is 12.6. The summed E-state index contributed by atoms with van der Waals surface area (Å²) in [5.41, 5.74) is 0. The van der Waals surface area contributed by atoms with Crippen LogP contribution in [0.25, 0.3) is 0 Å². The van der Waals surface area contributed by atoms with Gasteiger partial charge < -0.3 is 0 Å². The monoisotopic (exact) mass is 258 g/mol. The van der Waals surface area contributed by atoms with E-state index in [0.717, 1.165) is 0 Å². The van der Waals surface area contributed by atoms with E-state index in [4.69, 9.17) is 0 Å². The van der Waals surface area contributed by atoms with Crippen molar-refractivity contribution < 1.29 is 0 Å². The van der Waals surface area contributed by atoms with Gasteiger partial charge in [-0.3, -0.25) is 0 Å². The second-order valence-electron chi connectivity index (χ2n) is 4.26. The molecule has 0 fully saturated rings. The predicted molar refractivity (Wildman–Crippen MR) is 67.9 cm³/mol. The minimum atomic E-state index is -1.30. The van der Waals surface area contributed by atoms with E-state index < -0.39 is 12.8 Å². The molecular formula is C13H22Se. The van der Waals surface area contributed by atoms with Gasteiger partial charge in [-0.15, -0.1) is 0 Å². The van der Waals surface area contributed by atoms with Crippen LogP contribution in [0.4, 0.5) is 0 Å². The topological polar surface area (TPSA) is 0 Å². The van der Waals surface area contributed by atoms with Gasteiger partial charge in [0.05, 0.1) is 0 Å². The molecule has 0 N–H and O–H groups in total. The first-order valence-corrected chi connectivity index (χ1v) is 10.9. The van der Waals surface area contributed by atoms with E-state index in [2.05, 4.69) is 48.9 Å². The minimum absolute atomic E-state index is 1.30. The van der Waals surface area contributed by atoms with Crippen LogP contribution >= 0.6 is 0 Å². The zero-order chi connectivity index (χ0) is 10.4. The van der Waals surface area contributed by atoms with E-state index in [9.17, 15) is 0 Å². The molecule has 0 aliphatic rings. The van der Waals surface area contributed by atoms with Crippen molar-refractivity contribution in [2.75, 3.05) is 0 Å². The third kappa shape index (κ3) is 3.47.